The van der Waals surface area contributed by atoms with Crippen LogP contribution in [-0.2, 0) is 0 Å². The fourth-order valence-electron chi connectivity index (χ4n) is 2.97. The van der Waals surface area contributed by atoms with Crippen LogP contribution in [0.15, 0.2) is 30.4 Å². The predicted molar refractivity (Wildman–Crippen MR) is 112 cm³/mol. The van der Waals surface area contributed by atoms with E-state index >= 15 is 0 Å². The number of carbonyl (C=O) groups excluding carboxylic acids is 2. The normalized spacial score (nSPS) is 20.5. The van der Waals surface area contributed by atoms with Crippen molar-refractivity contribution in [3.63, 3.8) is 0 Å². The summed E-state index contributed by atoms with van der Waals surface area (Å²) in [5.74, 6) is -1.01. The van der Waals surface area contributed by atoms with Gasteiger partial charge in [-0.2, -0.15) is 0 Å². The summed E-state index contributed by atoms with van der Waals surface area (Å²) in [5.41, 5.74) is 7.96. The average molecular weight is 476 g/mol. The number of ketones is 2. The first-order chi connectivity index (χ1) is 12.7. The van der Waals surface area contributed by atoms with E-state index in [0.29, 0.717) is 22.5 Å². The molecular formula is C20H29N4O2Sn+. The Hall–Kier alpha value is -1.64. The zero-order valence-electron chi connectivity index (χ0n) is 16.7. The van der Waals surface area contributed by atoms with Gasteiger partial charge in [-0.1, -0.05) is 0 Å². The van der Waals surface area contributed by atoms with Gasteiger partial charge in [0, 0.05) is 0 Å². The molecule has 2 aliphatic rings. The second-order valence-corrected chi connectivity index (χ2v) is 10.0. The van der Waals surface area contributed by atoms with Crippen LogP contribution in [0.2, 0.25) is 0 Å². The number of fused-ring (bicyclic) bond motifs is 2. The average Bonchev–Trinajstić information content (AvgIpc) is 2.65. The Kier molecular flexibility index (Phi) is 6.88. The molecule has 0 aliphatic heterocycles. The third-order valence-corrected chi connectivity index (χ3v) is 7.04. The summed E-state index contributed by atoms with van der Waals surface area (Å²) >= 11 is -1.31. The third kappa shape index (κ3) is 4.44. The van der Waals surface area contributed by atoms with Crippen LogP contribution >= 0.6 is 0 Å². The first-order valence-electron chi connectivity index (χ1n) is 9.01. The number of nitrogen functional groups attached to an aromatic ring is 1. The van der Waals surface area contributed by atoms with E-state index in [-0.39, 0.29) is 11.6 Å². The SMILES string of the molecule is CC[N+](C)(C)C.CNc1c[c]([Sn][NH2])c(N)c2c1C(=O)C1C=CC=CC1C2=O. The molecule has 0 fully saturated rings. The molecule has 0 saturated heterocycles. The molecule has 6 nitrogen and oxygen atoms in total. The number of anilines is 2. The maximum atomic E-state index is 12.8. The van der Waals surface area contributed by atoms with Gasteiger partial charge in [-0.15, -0.1) is 0 Å². The number of Topliss-reactive ketones (excluding diaryl/α,β-unsaturated/α-hetero) is 2. The fourth-order valence-corrected chi connectivity index (χ4v) is 4.42. The van der Waals surface area contributed by atoms with Crippen LogP contribution in [0.5, 0.6) is 0 Å². The first-order valence-corrected chi connectivity index (χ1v) is 12.1. The molecule has 0 heterocycles. The maximum absolute atomic E-state index is 12.8. The molecule has 3 rings (SSSR count). The molecule has 0 aromatic heterocycles. The minimum atomic E-state index is -1.31. The molecule has 2 unspecified atom stereocenters. The van der Waals surface area contributed by atoms with E-state index in [0.717, 1.165) is 8.06 Å². The van der Waals surface area contributed by atoms with Gasteiger partial charge in [-0.05, 0) is 6.92 Å². The fraction of sp³-hybridized carbons (Fsp3) is 0.400. The molecular weight excluding hydrogens is 447 g/mol. The van der Waals surface area contributed by atoms with E-state index in [2.05, 4.69) is 33.4 Å². The molecule has 0 amide bonds. The van der Waals surface area contributed by atoms with Gasteiger partial charge in [0.05, 0.1) is 27.7 Å². The molecule has 2 atom stereocenters. The second kappa shape index (κ2) is 8.58. The molecule has 1 aromatic carbocycles. The van der Waals surface area contributed by atoms with Crippen molar-refractivity contribution in [3.05, 3.63) is 41.5 Å². The number of nitrogens with zero attached hydrogens (tertiary/aromatic N) is 1. The van der Waals surface area contributed by atoms with Gasteiger partial charge in [-0.25, -0.2) is 0 Å². The van der Waals surface area contributed by atoms with Crippen LogP contribution in [0.3, 0.4) is 0 Å². The molecule has 1 aromatic rings. The summed E-state index contributed by atoms with van der Waals surface area (Å²) in [6.07, 6.45) is 7.18. The standard InChI is InChI=1S/C15H13N2O2.C5H14N.H2N.Sn/c1-17-11-7-6-10(16)12-13(11)15(19)9-5-3-2-4-8(9)14(12)18;1-5-6(2,3)4;;/h2-5,7-9,17H,16H2,1H3;5H2,1-4H3;1H2;/q;+1;-1;+1. The Morgan fingerprint density at radius 1 is 1.07 bits per heavy atom. The van der Waals surface area contributed by atoms with Crippen LogP contribution < -0.4 is 18.6 Å². The van der Waals surface area contributed by atoms with Crippen molar-refractivity contribution in [2.24, 2.45) is 15.8 Å². The van der Waals surface area contributed by atoms with Gasteiger partial charge in [0.2, 0.25) is 0 Å². The van der Waals surface area contributed by atoms with Gasteiger partial charge < -0.3 is 4.48 Å². The Morgan fingerprint density at radius 3 is 1.96 bits per heavy atom. The van der Waals surface area contributed by atoms with Crippen LogP contribution in [0, 0.1) is 11.8 Å². The van der Waals surface area contributed by atoms with Crippen LogP contribution in [0.1, 0.15) is 27.6 Å². The molecule has 144 valence electrons. The molecule has 5 N–H and O–H groups in total. The summed E-state index contributed by atoms with van der Waals surface area (Å²) in [6, 6.07) is 1.83. The van der Waals surface area contributed by atoms with E-state index in [1.807, 2.05) is 12.1 Å². The quantitative estimate of drug-likeness (QED) is 0.343. The van der Waals surface area contributed by atoms with Crippen molar-refractivity contribution in [2.45, 2.75) is 6.92 Å². The summed E-state index contributed by atoms with van der Waals surface area (Å²) in [4.78, 5) is 25.6. The number of benzene rings is 1. The number of nitrogens with one attached hydrogen (secondary N) is 1. The Morgan fingerprint density at radius 2 is 1.56 bits per heavy atom. The number of allylic oxidation sites excluding steroid dienone is 4. The van der Waals surface area contributed by atoms with Gasteiger partial charge in [0.25, 0.3) is 0 Å². The van der Waals surface area contributed by atoms with Crippen molar-refractivity contribution in [3.8, 4) is 0 Å². The number of hydrogen-bond acceptors (Lipinski definition) is 5. The predicted octanol–water partition coefficient (Wildman–Crippen LogP) is 0.964. The van der Waals surface area contributed by atoms with Crippen molar-refractivity contribution in [1.82, 2.24) is 0 Å². The topological polar surface area (TPSA) is 98.2 Å². The number of quaternary nitrogens is 1. The molecule has 27 heavy (non-hydrogen) atoms. The molecule has 0 bridgehead atoms. The van der Waals surface area contributed by atoms with E-state index in [4.69, 9.17) is 9.69 Å². The summed E-state index contributed by atoms with van der Waals surface area (Å²) < 4.78 is 7.77. The van der Waals surface area contributed by atoms with Gasteiger partial charge in [0.15, 0.2) is 0 Å². The number of carbonyl (C=O) groups is 2. The van der Waals surface area contributed by atoms with Crippen molar-refractivity contribution < 1.29 is 14.1 Å². The van der Waals surface area contributed by atoms with E-state index < -0.39 is 33.3 Å². The van der Waals surface area contributed by atoms with Gasteiger partial charge >= 0.3 is 133 Å². The first kappa shape index (κ1) is 21.7. The summed E-state index contributed by atoms with van der Waals surface area (Å²) in [5, 5.41) is 3.00. The Labute approximate surface area is 171 Å². The second-order valence-electron chi connectivity index (χ2n) is 7.69. The number of rotatable bonds is 3. The van der Waals surface area contributed by atoms with E-state index in [1.54, 1.807) is 25.3 Å². The van der Waals surface area contributed by atoms with Crippen LogP contribution in [-0.4, -0.2) is 72.2 Å². The Bertz CT molecular complexity index is 809. The zero-order valence-corrected chi connectivity index (χ0v) is 19.5. The summed E-state index contributed by atoms with van der Waals surface area (Å²) in [7, 11) is 8.28. The molecule has 7 heteroatoms. The van der Waals surface area contributed by atoms with Crippen LogP contribution in [0.25, 0.3) is 0 Å². The molecule has 0 saturated carbocycles. The third-order valence-electron chi connectivity index (χ3n) is 4.97. The number of hydrogen-bond donors (Lipinski definition) is 3. The van der Waals surface area contributed by atoms with Crippen LogP contribution in [0.4, 0.5) is 11.4 Å². The van der Waals surface area contributed by atoms with E-state index in [9.17, 15) is 9.59 Å². The molecule has 2 radical (unpaired) electrons. The Balaban J connectivity index is 0.000000380. The zero-order chi connectivity index (χ0) is 20.4. The summed E-state index contributed by atoms with van der Waals surface area (Å²) in [6.45, 7) is 3.39. The molecule has 0 spiro atoms. The van der Waals surface area contributed by atoms with E-state index in [1.165, 1.54) is 6.54 Å². The van der Waals surface area contributed by atoms with Crippen molar-refractivity contribution in [2.75, 3.05) is 45.8 Å². The van der Waals surface area contributed by atoms with Gasteiger partial charge in [0.1, 0.15) is 0 Å². The number of nitrogens with two attached hydrogens (primary N) is 2. The van der Waals surface area contributed by atoms with Crippen molar-refractivity contribution in [1.29, 1.82) is 0 Å². The monoisotopic (exact) mass is 477 g/mol. The van der Waals surface area contributed by atoms with Gasteiger partial charge in [-0.3, -0.25) is 0 Å². The molecule has 2 aliphatic carbocycles. The minimum absolute atomic E-state index is 0.0554. The van der Waals surface area contributed by atoms with Crippen molar-refractivity contribution >= 4 is 47.9 Å².